The number of hydrogen-bond acceptors (Lipinski definition) is 5. The highest BCUT2D eigenvalue weighted by Gasteiger charge is 2.23. The van der Waals surface area contributed by atoms with Crippen molar-refractivity contribution in [2.75, 3.05) is 18.1 Å². The summed E-state index contributed by atoms with van der Waals surface area (Å²) in [5.74, 6) is -0.832. The van der Waals surface area contributed by atoms with Crippen molar-refractivity contribution in [2.24, 2.45) is 0 Å². The molecular formula is C49H40ClNO4. The van der Waals surface area contributed by atoms with Gasteiger partial charge in [0.15, 0.2) is 0 Å². The van der Waals surface area contributed by atoms with E-state index in [0.717, 1.165) is 44.9 Å². The van der Waals surface area contributed by atoms with Gasteiger partial charge in [-0.3, -0.25) is 4.79 Å². The topological polar surface area (TPSA) is 55.8 Å². The van der Waals surface area contributed by atoms with Gasteiger partial charge in [0.25, 0.3) is 0 Å². The molecule has 0 radical (unpaired) electrons. The van der Waals surface area contributed by atoms with Crippen LogP contribution in [0.5, 0.6) is 0 Å². The molecule has 0 aromatic heterocycles. The van der Waals surface area contributed by atoms with Crippen LogP contribution in [-0.2, 0) is 20.7 Å². The lowest BCUT2D eigenvalue weighted by Crippen LogP contribution is -2.12. The second kappa shape index (κ2) is 17.1. The first-order chi connectivity index (χ1) is 26.9. The Morgan fingerprint density at radius 3 is 1.64 bits per heavy atom. The zero-order valence-corrected chi connectivity index (χ0v) is 31.5. The number of benzene rings is 7. The molecule has 55 heavy (non-hydrogen) atoms. The normalized spacial score (nSPS) is 10.8. The van der Waals surface area contributed by atoms with E-state index in [4.69, 9.17) is 21.1 Å². The summed E-state index contributed by atoms with van der Waals surface area (Å²) in [5.41, 5.74) is 11.3. The first-order valence-corrected chi connectivity index (χ1v) is 18.8. The molecule has 0 heterocycles. The van der Waals surface area contributed by atoms with Crippen LogP contribution in [0.1, 0.15) is 29.8 Å². The van der Waals surface area contributed by atoms with Crippen LogP contribution >= 0.6 is 11.6 Å². The van der Waals surface area contributed by atoms with E-state index in [9.17, 15) is 9.59 Å². The van der Waals surface area contributed by atoms with Gasteiger partial charge >= 0.3 is 11.9 Å². The molecule has 0 saturated heterocycles. The fourth-order valence-corrected chi connectivity index (χ4v) is 7.12. The quantitative estimate of drug-likeness (QED) is 0.117. The van der Waals surface area contributed by atoms with Crippen LogP contribution in [0.2, 0.25) is 5.02 Å². The van der Waals surface area contributed by atoms with Crippen LogP contribution in [0.4, 0.5) is 17.1 Å². The highest BCUT2D eigenvalue weighted by molar-refractivity contribution is 6.33. The highest BCUT2D eigenvalue weighted by Crippen LogP contribution is 2.43. The van der Waals surface area contributed by atoms with Gasteiger partial charge in [-0.2, -0.15) is 0 Å². The van der Waals surface area contributed by atoms with E-state index in [0.29, 0.717) is 32.8 Å². The Bertz CT molecular complexity index is 2410. The van der Waals surface area contributed by atoms with Crippen molar-refractivity contribution in [2.45, 2.75) is 20.3 Å². The maximum atomic E-state index is 13.6. The van der Waals surface area contributed by atoms with Crippen molar-refractivity contribution in [3.8, 4) is 44.5 Å². The van der Waals surface area contributed by atoms with E-state index in [1.165, 1.54) is 0 Å². The second-order valence-electron chi connectivity index (χ2n) is 12.9. The molecule has 7 rings (SSSR count). The number of para-hydroxylation sites is 1. The summed E-state index contributed by atoms with van der Waals surface area (Å²) in [5, 5.41) is 0.507. The average molecular weight is 742 g/mol. The van der Waals surface area contributed by atoms with Gasteiger partial charge in [-0.25, -0.2) is 4.79 Å². The molecule has 7 aromatic carbocycles. The molecule has 0 aliphatic carbocycles. The van der Waals surface area contributed by atoms with Gasteiger partial charge in [-0.05, 0) is 101 Å². The molecule has 6 heteroatoms. The van der Waals surface area contributed by atoms with E-state index in [1.807, 2.05) is 72.8 Å². The van der Waals surface area contributed by atoms with Gasteiger partial charge in [-0.1, -0.05) is 133 Å². The number of carbonyl (C=O) groups is 2. The predicted molar refractivity (Wildman–Crippen MR) is 224 cm³/mol. The minimum absolute atomic E-state index is 0.00557. The van der Waals surface area contributed by atoms with E-state index >= 15 is 0 Å². The molecule has 0 spiro atoms. The molecule has 0 atom stereocenters. The van der Waals surface area contributed by atoms with Crippen LogP contribution in [0, 0.1) is 0 Å². The van der Waals surface area contributed by atoms with Gasteiger partial charge in [0.1, 0.15) is 0 Å². The number of ether oxygens (including phenoxy) is 2. The molecule has 0 aliphatic heterocycles. The van der Waals surface area contributed by atoms with Gasteiger partial charge in [0.05, 0.1) is 30.9 Å². The fraction of sp³-hybridized carbons (Fsp3) is 0.102. The number of esters is 2. The van der Waals surface area contributed by atoms with Crippen LogP contribution in [0.15, 0.2) is 170 Å². The maximum absolute atomic E-state index is 13.6. The number of rotatable bonds is 12. The number of hydrogen-bond donors (Lipinski definition) is 0. The minimum atomic E-state index is -0.463. The molecule has 5 nitrogen and oxygen atoms in total. The Kier molecular flexibility index (Phi) is 11.5. The number of nitrogens with zero attached hydrogens (tertiary/aromatic N) is 1. The zero-order chi connectivity index (χ0) is 38.1. The largest absolute Gasteiger partial charge is 0.466 e. The van der Waals surface area contributed by atoms with Crippen molar-refractivity contribution >= 4 is 40.6 Å². The smallest absolute Gasteiger partial charge is 0.338 e. The van der Waals surface area contributed by atoms with Gasteiger partial charge in [-0.15, -0.1) is 0 Å². The third-order valence-electron chi connectivity index (χ3n) is 9.44. The minimum Gasteiger partial charge on any atom is -0.466 e. The predicted octanol–water partition coefficient (Wildman–Crippen LogP) is 12.8. The summed E-state index contributed by atoms with van der Waals surface area (Å²) in [6.45, 7) is 4.03. The maximum Gasteiger partial charge on any atom is 0.338 e. The number of halogens is 1. The third kappa shape index (κ3) is 8.23. The molecule has 0 N–H and O–H groups in total. The lowest BCUT2D eigenvalue weighted by Gasteiger charge is -2.28. The van der Waals surface area contributed by atoms with Crippen molar-refractivity contribution in [1.29, 1.82) is 0 Å². The monoisotopic (exact) mass is 741 g/mol. The molecule has 0 bridgehead atoms. The molecule has 0 saturated carbocycles. The summed E-state index contributed by atoms with van der Waals surface area (Å²) >= 11 is 6.68. The van der Waals surface area contributed by atoms with Gasteiger partial charge in [0.2, 0.25) is 0 Å². The molecule has 7 aromatic rings. The van der Waals surface area contributed by atoms with Crippen LogP contribution in [-0.4, -0.2) is 25.2 Å². The summed E-state index contributed by atoms with van der Waals surface area (Å²) in [6.07, 6.45) is 0.00557. The summed E-state index contributed by atoms with van der Waals surface area (Å²) < 4.78 is 10.9. The molecular weight excluding hydrogens is 702 g/mol. The highest BCUT2D eigenvalue weighted by atomic mass is 35.5. The lowest BCUT2D eigenvalue weighted by molar-refractivity contribution is -0.142. The van der Waals surface area contributed by atoms with Gasteiger partial charge in [0, 0.05) is 27.5 Å². The molecule has 0 unspecified atom stereocenters. The number of carbonyl (C=O) groups excluding carboxylic acids is 2. The van der Waals surface area contributed by atoms with Crippen LogP contribution in [0.3, 0.4) is 0 Å². The summed E-state index contributed by atoms with van der Waals surface area (Å²) in [4.78, 5) is 28.8. The van der Waals surface area contributed by atoms with E-state index in [1.54, 1.807) is 26.0 Å². The van der Waals surface area contributed by atoms with E-state index in [2.05, 4.69) is 89.8 Å². The standard InChI is InChI=1S/C49H40ClNO4/c1-3-54-48(52)32-38-31-43(45(49(53)55-4-2)33-44(38)42-20-11-13-21-46(42)50)37-25-29-40(30-26-37)51(39-27-23-35(24-28-39)34-15-7-5-8-16-34)47-22-14-12-19-41(47)36-17-9-6-10-18-36/h5-31,33H,3-4,32H2,1-2H3. The van der Waals surface area contributed by atoms with Crippen molar-refractivity contribution in [3.63, 3.8) is 0 Å². The van der Waals surface area contributed by atoms with E-state index < -0.39 is 5.97 Å². The second-order valence-corrected chi connectivity index (χ2v) is 13.3. The van der Waals surface area contributed by atoms with Crippen molar-refractivity contribution in [1.82, 2.24) is 0 Å². The Balaban J connectivity index is 1.37. The summed E-state index contributed by atoms with van der Waals surface area (Å²) in [7, 11) is 0. The first kappa shape index (κ1) is 36.9. The SMILES string of the molecule is CCOC(=O)Cc1cc(-c2ccc(N(c3ccc(-c4ccccc4)cc3)c3ccccc3-c3ccccc3)cc2)c(C(=O)OCC)cc1-c1ccccc1Cl. The molecule has 272 valence electrons. The Morgan fingerprint density at radius 1 is 0.509 bits per heavy atom. The molecule has 0 amide bonds. The average Bonchev–Trinajstić information content (AvgIpc) is 3.23. The van der Waals surface area contributed by atoms with Crippen LogP contribution < -0.4 is 4.90 Å². The van der Waals surface area contributed by atoms with Crippen molar-refractivity contribution < 1.29 is 19.1 Å². The fourth-order valence-electron chi connectivity index (χ4n) is 6.89. The first-order valence-electron chi connectivity index (χ1n) is 18.4. The Hall–Kier alpha value is -6.43. The Morgan fingerprint density at radius 2 is 1.02 bits per heavy atom. The molecule has 0 aliphatic rings. The number of anilines is 3. The Labute approximate surface area is 327 Å². The lowest BCUT2D eigenvalue weighted by atomic mass is 9.89. The zero-order valence-electron chi connectivity index (χ0n) is 30.7. The van der Waals surface area contributed by atoms with Crippen LogP contribution in [0.25, 0.3) is 44.5 Å². The van der Waals surface area contributed by atoms with E-state index in [-0.39, 0.29) is 25.6 Å². The van der Waals surface area contributed by atoms with Gasteiger partial charge < -0.3 is 14.4 Å². The third-order valence-corrected chi connectivity index (χ3v) is 9.77. The van der Waals surface area contributed by atoms with Crippen molar-refractivity contribution in [3.05, 3.63) is 186 Å². The molecule has 0 fully saturated rings. The summed E-state index contributed by atoms with van der Waals surface area (Å²) in [6, 6.07) is 56.9.